The maximum absolute atomic E-state index is 5.97. The largest absolute Gasteiger partial charge is 0.381 e. The Labute approximate surface area is 212 Å². The van der Waals surface area contributed by atoms with Gasteiger partial charge in [0.2, 0.25) is 0 Å². The van der Waals surface area contributed by atoms with Crippen molar-refractivity contribution in [2.75, 3.05) is 19.8 Å². The molecule has 4 rings (SSSR count). The first-order valence-electron chi connectivity index (χ1n) is 15.7. The second-order valence-electron chi connectivity index (χ2n) is 13.9. The van der Waals surface area contributed by atoms with Crippen LogP contribution in [0.5, 0.6) is 0 Å². The fraction of sp³-hybridized carbons (Fsp3) is 1.00. The molecule has 4 aliphatic rings. The third-order valence-corrected chi connectivity index (χ3v) is 12.2. The molecule has 34 heavy (non-hydrogen) atoms. The molecule has 0 spiro atoms. The van der Waals surface area contributed by atoms with Gasteiger partial charge in [-0.1, -0.05) is 47.0 Å². The molecule has 4 fully saturated rings. The van der Waals surface area contributed by atoms with Crippen LogP contribution >= 0.6 is 0 Å². The molecule has 2 heteroatoms. The molecule has 198 valence electrons. The van der Waals surface area contributed by atoms with Gasteiger partial charge in [0.25, 0.3) is 0 Å². The van der Waals surface area contributed by atoms with Crippen molar-refractivity contribution in [1.29, 1.82) is 0 Å². The van der Waals surface area contributed by atoms with Crippen molar-refractivity contribution >= 4 is 0 Å². The number of hydrogen-bond donors (Lipinski definition) is 1. The minimum absolute atomic E-state index is 0.613. The quantitative estimate of drug-likeness (QED) is 0.288. The molecule has 4 saturated carbocycles. The molecule has 0 aromatic heterocycles. The van der Waals surface area contributed by atoms with Crippen LogP contribution in [0.15, 0.2) is 0 Å². The summed E-state index contributed by atoms with van der Waals surface area (Å²) in [6.07, 6.45) is 22.7. The summed E-state index contributed by atoms with van der Waals surface area (Å²) in [5.41, 5.74) is 7.18. The van der Waals surface area contributed by atoms with Gasteiger partial charge in [0.1, 0.15) is 0 Å². The molecule has 2 N–H and O–H groups in total. The molecule has 4 aliphatic carbocycles. The summed E-state index contributed by atoms with van der Waals surface area (Å²) in [6, 6.07) is 0. The Hall–Kier alpha value is -0.0800. The number of nitrogens with two attached hydrogens (primary N) is 1. The smallest absolute Gasteiger partial charge is 0.0466 e. The van der Waals surface area contributed by atoms with E-state index < -0.39 is 0 Å². The molecule has 9 atom stereocenters. The van der Waals surface area contributed by atoms with Crippen LogP contribution in [-0.4, -0.2) is 19.8 Å². The molecule has 2 nitrogen and oxygen atoms in total. The first kappa shape index (κ1) is 27.0. The van der Waals surface area contributed by atoms with Crippen molar-refractivity contribution < 1.29 is 4.74 Å². The highest BCUT2D eigenvalue weighted by Gasteiger charge is 2.60. The van der Waals surface area contributed by atoms with Crippen molar-refractivity contribution in [2.24, 2.45) is 58.0 Å². The lowest BCUT2D eigenvalue weighted by molar-refractivity contribution is -0.121. The van der Waals surface area contributed by atoms with E-state index in [1.165, 1.54) is 103 Å². The number of hydrogen-bond acceptors (Lipinski definition) is 2. The molecular weight excluding hydrogens is 414 g/mol. The van der Waals surface area contributed by atoms with E-state index in [1.807, 2.05) is 0 Å². The Bertz CT molecular complexity index is 620. The maximum Gasteiger partial charge on any atom is 0.0466 e. The van der Waals surface area contributed by atoms with Crippen molar-refractivity contribution in [2.45, 2.75) is 130 Å². The highest BCUT2D eigenvalue weighted by atomic mass is 16.5. The molecule has 0 bridgehead atoms. The van der Waals surface area contributed by atoms with Crippen molar-refractivity contribution in [3.8, 4) is 0 Å². The number of fused-ring (bicyclic) bond motifs is 5. The molecule has 0 radical (unpaired) electrons. The molecule has 0 aromatic rings. The fourth-order valence-corrected chi connectivity index (χ4v) is 10.3. The maximum atomic E-state index is 5.97. The lowest BCUT2D eigenvalue weighted by Crippen LogP contribution is -2.53. The molecule has 0 aromatic carbocycles. The van der Waals surface area contributed by atoms with Gasteiger partial charge in [0.05, 0.1) is 0 Å². The zero-order chi connectivity index (χ0) is 24.2. The third kappa shape index (κ3) is 5.44. The van der Waals surface area contributed by atoms with E-state index in [1.54, 1.807) is 0 Å². The Morgan fingerprint density at radius 3 is 2.41 bits per heavy atom. The van der Waals surface area contributed by atoms with Crippen LogP contribution in [0.25, 0.3) is 0 Å². The number of rotatable bonds is 12. The molecule has 0 saturated heterocycles. The van der Waals surface area contributed by atoms with Gasteiger partial charge >= 0.3 is 0 Å². The Kier molecular flexibility index (Phi) is 9.50. The van der Waals surface area contributed by atoms with Gasteiger partial charge in [0.15, 0.2) is 0 Å². The van der Waals surface area contributed by atoms with Crippen LogP contribution in [0.1, 0.15) is 130 Å². The van der Waals surface area contributed by atoms with Gasteiger partial charge in [-0.05, 0) is 142 Å². The van der Waals surface area contributed by atoms with Crippen LogP contribution in [0.2, 0.25) is 0 Å². The summed E-state index contributed by atoms with van der Waals surface area (Å²) in [4.78, 5) is 0. The van der Waals surface area contributed by atoms with Crippen LogP contribution in [0.3, 0.4) is 0 Å². The summed E-state index contributed by atoms with van der Waals surface area (Å²) in [5.74, 6) is 6.77. The average Bonchev–Trinajstić information content (AvgIpc) is 3.18. The Balaban J connectivity index is 1.29. The van der Waals surface area contributed by atoms with E-state index in [9.17, 15) is 0 Å². The minimum atomic E-state index is 0.613. The van der Waals surface area contributed by atoms with Crippen molar-refractivity contribution in [1.82, 2.24) is 0 Å². The zero-order valence-electron chi connectivity index (χ0n) is 23.5. The Morgan fingerprint density at radius 1 is 0.853 bits per heavy atom. The summed E-state index contributed by atoms with van der Waals surface area (Å²) in [5, 5.41) is 0. The minimum Gasteiger partial charge on any atom is -0.381 e. The molecule has 8 unspecified atom stereocenters. The molecular formula is C32H59NO. The van der Waals surface area contributed by atoms with Gasteiger partial charge < -0.3 is 10.5 Å². The summed E-state index contributed by atoms with van der Waals surface area (Å²) in [6.45, 7) is 13.2. The standard InChI is InChI=1S/C32H59NO/c1-5-6-7-8-21-34-22-9-10-24(2)28-13-14-29-27-12-11-26-23-25(17-20-33)15-18-31(26,3)30(27)16-19-32(28,29)4/h24-30H,5-23,33H2,1-4H3/t24-,25?,26?,27?,28?,29?,30?,31?,32?/m1/s1. The normalized spacial score (nSPS) is 42.6. The van der Waals surface area contributed by atoms with E-state index in [2.05, 4.69) is 27.7 Å². The first-order chi connectivity index (χ1) is 16.4. The van der Waals surface area contributed by atoms with Gasteiger partial charge in [-0.25, -0.2) is 0 Å². The summed E-state index contributed by atoms with van der Waals surface area (Å²) < 4.78 is 5.97. The second-order valence-corrected chi connectivity index (χ2v) is 13.9. The monoisotopic (exact) mass is 473 g/mol. The topological polar surface area (TPSA) is 35.2 Å². The lowest BCUT2D eigenvalue weighted by Gasteiger charge is -2.61. The summed E-state index contributed by atoms with van der Waals surface area (Å²) >= 11 is 0. The predicted octanol–water partition coefficient (Wildman–Crippen LogP) is 8.62. The van der Waals surface area contributed by atoms with Gasteiger partial charge in [-0.15, -0.1) is 0 Å². The van der Waals surface area contributed by atoms with E-state index in [0.717, 1.165) is 61.2 Å². The van der Waals surface area contributed by atoms with Crippen molar-refractivity contribution in [3.63, 3.8) is 0 Å². The molecule has 0 aliphatic heterocycles. The average molecular weight is 474 g/mol. The van der Waals surface area contributed by atoms with Crippen LogP contribution < -0.4 is 5.73 Å². The van der Waals surface area contributed by atoms with Crippen LogP contribution in [0, 0.1) is 52.3 Å². The SMILES string of the molecule is CCCCCCOCCC[C@@H](C)C1CCC2C3CCC4CC(CCN)CCC4(C)C3CCC21C. The van der Waals surface area contributed by atoms with Gasteiger partial charge in [0, 0.05) is 13.2 Å². The predicted molar refractivity (Wildman–Crippen MR) is 146 cm³/mol. The highest BCUT2D eigenvalue weighted by Crippen LogP contribution is 2.68. The van der Waals surface area contributed by atoms with E-state index in [-0.39, 0.29) is 0 Å². The fourth-order valence-electron chi connectivity index (χ4n) is 10.3. The van der Waals surface area contributed by atoms with Crippen molar-refractivity contribution in [3.05, 3.63) is 0 Å². The molecule has 0 heterocycles. The number of ether oxygens (including phenoxy) is 1. The third-order valence-electron chi connectivity index (χ3n) is 12.2. The lowest BCUT2D eigenvalue weighted by atomic mass is 9.44. The Morgan fingerprint density at radius 2 is 1.62 bits per heavy atom. The highest BCUT2D eigenvalue weighted by molar-refractivity contribution is 5.09. The van der Waals surface area contributed by atoms with Crippen LogP contribution in [-0.2, 0) is 4.74 Å². The zero-order valence-corrected chi connectivity index (χ0v) is 23.5. The molecule has 0 amide bonds. The number of unbranched alkanes of at least 4 members (excludes halogenated alkanes) is 3. The first-order valence-corrected chi connectivity index (χ1v) is 15.7. The van der Waals surface area contributed by atoms with E-state index in [0.29, 0.717) is 10.8 Å². The van der Waals surface area contributed by atoms with E-state index >= 15 is 0 Å². The van der Waals surface area contributed by atoms with Crippen LogP contribution in [0.4, 0.5) is 0 Å². The second kappa shape index (κ2) is 12.0. The summed E-state index contributed by atoms with van der Waals surface area (Å²) in [7, 11) is 0. The van der Waals surface area contributed by atoms with E-state index in [4.69, 9.17) is 10.5 Å². The van der Waals surface area contributed by atoms with Gasteiger partial charge in [-0.3, -0.25) is 0 Å². The van der Waals surface area contributed by atoms with Gasteiger partial charge in [-0.2, -0.15) is 0 Å².